The number of rotatable bonds is 7. The minimum absolute atomic E-state index is 0.164. The zero-order valence-corrected chi connectivity index (χ0v) is 21.4. The van der Waals surface area contributed by atoms with Crippen LogP contribution >= 0.6 is 0 Å². The number of aliphatic hydroxyl groups is 1. The van der Waals surface area contributed by atoms with Gasteiger partial charge in [0.2, 0.25) is 16.0 Å². The fourth-order valence-electron chi connectivity index (χ4n) is 5.76. The molecular weight excluding hydrogens is 481 g/mol. The maximum Gasteiger partial charge on any atom is 0.229 e. The molecule has 0 amide bonds. The molecule has 0 atom stereocenters. The first-order valence-electron chi connectivity index (χ1n) is 13.2. The lowest BCUT2D eigenvalue weighted by molar-refractivity contribution is 0.126. The maximum absolute atomic E-state index is 13.3. The van der Waals surface area contributed by atoms with E-state index in [4.69, 9.17) is 4.98 Å². The number of anilines is 3. The van der Waals surface area contributed by atoms with E-state index in [2.05, 4.69) is 15.6 Å². The number of sulfonamides is 1. The van der Waals surface area contributed by atoms with Crippen LogP contribution < -0.4 is 10.6 Å². The van der Waals surface area contributed by atoms with E-state index in [0.29, 0.717) is 24.7 Å². The lowest BCUT2D eigenvalue weighted by Crippen LogP contribution is -2.42. The van der Waals surface area contributed by atoms with Gasteiger partial charge in [0.05, 0.1) is 11.4 Å². The summed E-state index contributed by atoms with van der Waals surface area (Å²) in [6.45, 7) is 1.04. The Morgan fingerprint density at radius 1 is 0.944 bits per heavy atom. The second-order valence-corrected chi connectivity index (χ2v) is 12.6. The Bertz CT molecular complexity index is 1120. The fraction of sp³-hybridized carbons (Fsp3) is 0.615. The van der Waals surface area contributed by atoms with E-state index < -0.39 is 10.0 Å². The van der Waals surface area contributed by atoms with Crippen LogP contribution in [0.25, 0.3) is 0 Å². The van der Waals surface area contributed by atoms with Crippen molar-refractivity contribution in [2.45, 2.75) is 87.5 Å². The summed E-state index contributed by atoms with van der Waals surface area (Å²) in [5.41, 5.74) is 1.70. The summed E-state index contributed by atoms with van der Waals surface area (Å²) in [4.78, 5) is 9.33. The number of hydrogen-bond acceptors (Lipinski definition) is 7. The van der Waals surface area contributed by atoms with Gasteiger partial charge in [-0.3, -0.25) is 0 Å². The number of hydrogen-bond donors (Lipinski definition) is 3. The van der Waals surface area contributed by atoms with Crippen molar-refractivity contribution >= 4 is 27.5 Å². The number of piperidine rings is 1. The lowest BCUT2D eigenvalue weighted by Gasteiger charge is -2.34. The smallest absolute Gasteiger partial charge is 0.229 e. The van der Waals surface area contributed by atoms with Crippen molar-refractivity contribution < 1.29 is 17.9 Å². The van der Waals surface area contributed by atoms with E-state index in [1.807, 2.05) is 6.20 Å². The summed E-state index contributed by atoms with van der Waals surface area (Å²) in [5, 5.41) is 16.4. The van der Waals surface area contributed by atoms with Gasteiger partial charge in [0.15, 0.2) is 0 Å². The van der Waals surface area contributed by atoms with Crippen LogP contribution in [0.15, 0.2) is 30.5 Å². The van der Waals surface area contributed by atoms with E-state index in [0.717, 1.165) is 75.6 Å². The molecule has 0 radical (unpaired) electrons. The SMILES string of the molecule is O=S(=O)(C1CCCC1)N1CCC(c2cnc(Nc3ccc(F)cc3)nc2NC2CCC(O)CC2)CC1. The van der Waals surface area contributed by atoms with Gasteiger partial charge in [-0.15, -0.1) is 0 Å². The monoisotopic (exact) mass is 517 g/mol. The highest BCUT2D eigenvalue weighted by Crippen LogP contribution is 2.36. The fourth-order valence-corrected chi connectivity index (χ4v) is 7.83. The number of nitrogens with zero attached hydrogens (tertiary/aromatic N) is 3. The molecule has 1 saturated heterocycles. The second kappa shape index (κ2) is 11.0. The first kappa shape index (κ1) is 25.4. The zero-order valence-electron chi connectivity index (χ0n) is 20.6. The van der Waals surface area contributed by atoms with Crippen molar-refractivity contribution in [3.05, 3.63) is 41.8 Å². The highest BCUT2D eigenvalue weighted by molar-refractivity contribution is 7.89. The first-order valence-corrected chi connectivity index (χ1v) is 14.7. The molecule has 5 rings (SSSR count). The van der Waals surface area contributed by atoms with E-state index >= 15 is 0 Å². The summed E-state index contributed by atoms with van der Waals surface area (Å²) in [7, 11) is -3.22. The molecule has 0 bridgehead atoms. The van der Waals surface area contributed by atoms with Gasteiger partial charge in [0.25, 0.3) is 0 Å². The first-order chi connectivity index (χ1) is 17.4. The van der Waals surface area contributed by atoms with E-state index in [1.54, 1.807) is 16.4 Å². The molecule has 3 aliphatic rings. The molecule has 1 aliphatic heterocycles. The van der Waals surface area contributed by atoms with E-state index in [1.165, 1.54) is 12.1 Å². The molecule has 2 heterocycles. The predicted octanol–water partition coefficient (Wildman–Crippen LogP) is 4.53. The van der Waals surface area contributed by atoms with Crippen LogP contribution in [-0.2, 0) is 10.0 Å². The molecule has 1 aromatic heterocycles. The van der Waals surface area contributed by atoms with Crippen LogP contribution in [0.5, 0.6) is 0 Å². The molecule has 0 spiro atoms. The van der Waals surface area contributed by atoms with Gasteiger partial charge in [-0.2, -0.15) is 4.98 Å². The summed E-state index contributed by atoms with van der Waals surface area (Å²) in [6, 6.07) is 6.27. The third kappa shape index (κ3) is 5.81. The third-order valence-corrected chi connectivity index (χ3v) is 10.3. The van der Waals surface area contributed by atoms with Crippen LogP contribution in [0, 0.1) is 5.82 Å². The Kier molecular flexibility index (Phi) is 7.73. The summed E-state index contributed by atoms with van der Waals surface area (Å²) in [6.07, 6.45) is 9.88. The largest absolute Gasteiger partial charge is 0.393 e. The molecule has 2 aliphatic carbocycles. The van der Waals surface area contributed by atoms with E-state index in [9.17, 15) is 17.9 Å². The molecule has 8 nitrogen and oxygen atoms in total. The number of aliphatic hydroxyl groups excluding tert-OH is 1. The molecule has 1 aromatic carbocycles. The quantitative estimate of drug-likeness (QED) is 0.495. The van der Waals surface area contributed by atoms with Gasteiger partial charge in [-0.1, -0.05) is 12.8 Å². The van der Waals surface area contributed by atoms with Crippen molar-refractivity contribution in [1.29, 1.82) is 0 Å². The molecule has 2 saturated carbocycles. The zero-order chi connectivity index (χ0) is 25.1. The number of nitrogens with one attached hydrogen (secondary N) is 2. The summed E-state index contributed by atoms with van der Waals surface area (Å²) < 4.78 is 41.1. The minimum Gasteiger partial charge on any atom is -0.393 e. The van der Waals surface area contributed by atoms with Gasteiger partial charge < -0.3 is 15.7 Å². The Hall–Kier alpha value is -2.30. The van der Waals surface area contributed by atoms with Crippen LogP contribution in [0.1, 0.15) is 75.7 Å². The minimum atomic E-state index is -3.22. The Balaban J connectivity index is 1.32. The molecule has 3 N–H and O–H groups in total. The molecule has 196 valence electrons. The molecule has 3 fully saturated rings. The van der Waals surface area contributed by atoms with Crippen molar-refractivity contribution in [2.75, 3.05) is 23.7 Å². The predicted molar refractivity (Wildman–Crippen MR) is 138 cm³/mol. The normalized spacial score (nSPS) is 24.6. The average molecular weight is 518 g/mol. The molecular formula is C26H36FN5O3S. The summed E-state index contributed by atoms with van der Waals surface area (Å²) >= 11 is 0. The Morgan fingerprint density at radius 3 is 2.28 bits per heavy atom. The molecule has 36 heavy (non-hydrogen) atoms. The summed E-state index contributed by atoms with van der Waals surface area (Å²) in [5.74, 6) is 1.04. The standard InChI is InChI=1S/C26H36FN5O3S/c27-19-5-7-21(8-6-19)30-26-28-17-24(25(31-26)29-20-9-11-22(33)12-10-20)18-13-15-32(16-14-18)36(34,35)23-3-1-2-4-23/h5-8,17-18,20,22-23,33H,1-4,9-16H2,(H2,28,29,30,31). The van der Waals surface area contributed by atoms with Gasteiger partial charge >= 0.3 is 0 Å². The van der Waals surface area contributed by atoms with Crippen molar-refractivity contribution in [3.8, 4) is 0 Å². The third-order valence-electron chi connectivity index (χ3n) is 7.93. The van der Waals surface area contributed by atoms with Crippen LogP contribution in [0.3, 0.4) is 0 Å². The van der Waals surface area contributed by atoms with Gasteiger partial charge in [0.1, 0.15) is 11.6 Å². The van der Waals surface area contributed by atoms with Crippen LogP contribution in [0.4, 0.5) is 21.8 Å². The molecule has 10 heteroatoms. The van der Waals surface area contributed by atoms with Crippen LogP contribution in [0.2, 0.25) is 0 Å². The topological polar surface area (TPSA) is 107 Å². The number of aromatic nitrogens is 2. The highest BCUT2D eigenvalue weighted by atomic mass is 32.2. The van der Waals surface area contributed by atoms with E-state index in [-0.39, 0.29) is 29.1 Å². The van der Waals surface area contributed by atoms with Gasteiger partial charge in [-0.05, 0) is 81.5 Å². The number of benzene rings is 1. The average Bonchev–Trinajstić information content (AvgIpc) is 3.43. The maximum atomic E-state index is 13.3. The number of halogens is 1. The van der Waals surface area contributed by atoms with Crippen LogP contribution in [-0.4, -0.2) is 58.3 Å². The van der Waals surface area contributed by atoms with Crippen molar-refractivity contribution in [1.82, 2.24) is 14.3 Å². The lowest BCUT2D eigenvalue weighted by atomic mass is 9.90. The van der Waals surface area contributed by atoms with Crippen molar-refractivity contribution in [3.63, 3.8) is 0 Å². The molecule has 0 unspecified atom stereocenters. The highest BCUT2D eigenvalue weighted by Gasteiger charge is 2.37. The van der Waals surface area contributed by atoms with Gasteiger partial charge in [-0.25, -0.2) is 22.1 Å². The van der Waals surface area contributed by atoms with Gasteiger partial charge in [0, 0.05) is 36.6 Å². The Morgan fingerprint density at radius 2 is 1.61 bits per heavy atom. The molecule has 2 aromatic rings. The van der Waals surface area contributed by atoms with Crippen molar-refractivity contribution in [2.24, 2.45) is 0 Å². The Labute approximate surface area is 212 Å². The second-order valence-electron chi connectivity index (χ2n) is 10.4.